The van der Waals surface area contributed by atoms with E-state index in [2.05, 4.69) is 33.9 Å². The van der Waals surface area contributed by atoms with Crippen molar-refractivity contribution < 1.29 is 4.79 Å². The predicted molar refractivity (Wildman–Crippen MR) is 117 cm³/mol. The molecule has 0 bridgehead atoms. The topological polar surface area (TPSA) is 59.8 Å². The van der Waals surface area contributed by atoms with Crippen LogP contribution in [0.3, 0.4) is 0 Å². The number of thiophene rings is 1. The lowest BCUT2D eigenvalue weighted by atomic mass is 10.0. The molecule has 0 fully saturated rings. The van der Waals surface area contributed by atoms with E-state index in [9.17, 15) is 4.79 Å². The van der Waals surface area contributed by atoms with Gasteiger partial charge in [0.05, 0.1) is 23.0 Å². The van der Waals surface area contributed by atoms with Crippen LogP contribution in [0, 0.1) is 5.92 Å². The van der Waals surface area contributed by atoms with E-state index in [4.69, 9.17) is 4.98 Å². The second kappa shape index (κ2) is 8.57. The Labute approximate surface area is 174 Å². The van der Waals surface area contributed by atoms with Gasteiger partial charge in [-0.2, -0.15) is 0 Å². The largest absolute Gasteiger partial charge is 0.344 e. The Kier molecular flexibility index (Phi) is 5.71. The lowest BCUT2D eigenvalue weighted by Crippen LogP contribution is -2.35. The molecule has 148 valence electrons. The number of aryl methyl sites for hydroxylation is 1. The van der Waals surface area contributed by atoms with Crippen LogP contribution in [0.5, 0.6) is 0 Å². The maximum absolute atomic E-state index is 13.1. The van der Waals surface area contributed by atoms with Gasteiger partial charge in [0.25, 0.3) is 0 Å². The molecular weight excluding hydrogens is 380 g/mol. The number of rotatable bonds is 7. The van der Waals surface area contributed by atoms with Gasteiger partial charge in [0.1, 0.15) is 5.82 Å². The molecule has 0 aliphatic heterocycles. The number of fused-ring (bicyclic) bond motifs is 1. The number of amides is 1. The van der Waals surface area contributed by atoms with Gasteiger partial charge in [-0.25, -0.2) is 4.98 Å². The molecule has 0 unspecified atom stereocenters. The minimum absolute atomic E-state index is 0.0278. The normalized spacial score (nSPS) is 13.3. The van der Waals surface area contributed by atoms with E-state index >= 15 is 0 Å². The molecule has 2 atom stereocenters. The SMILES string of the molecule is CCc1nc2ccccc2n1C[C@@H](C)C(=O)N[C@H](c1ccncc1)c1cccs1. The highest BCUT2D eigenvalue weighted by Crippen LogP contribution is 2.26. The second-order valence-corrected chi connectivity index (χ2v) is 8.10. The number of imidazole rings is 1. The zero-order valence-electron chi connectivity index (χ0n) is 16.6. The lowest BCUT2D eigenvalue weighted by Gasteiger charge is -2.21. The van der Waals surface area contributed by atoms with Gasteiger partial charge < -0.3 is 9.88 Å². The lowest BCUT2D eigenvalue weighted by molar-refractivity contribution is -0.125. The number of nitrogens with one attached hydrogen (secondary N) is 1. The number of aromatic nitrogens is 3. The van der Waals surface area contributed by atoms with E-state index in [0.29, 0.717) is 6.54 Å². The van der Waals surface area contributed by atoms with E-state index in [-0.39, 0.29) is 17.9 Å². The summed E-state index contributed by atoms with van der Waals surface area (Å²) in [4.78, 5) is 23.1. The Morgan fingerprint density at radius 2 is 1.93 bits per heavy atom. The third-order valence-corrected chi connectivity index (χ3v) is 6.04. The van der Waals surface area contributed by atoms with Crippen LogP contribution < -0.4 is 5.32 Å². The van der Waals surface area contributed by atoms with Crippen molar-refractivity contribution in [1.29, 1.82) is 0 Å². The highest BCUT2D eigenvalue weighted by Gasteiger charge is 2.23. The second-order valence-electron chi connectivity index (χ2n) is 7.12. The molecule has 0 aliphatic rings. The smallest absolute Gasteiger partial charge is 0.225 e. The molecule has 0 aliphatic carbocycles. The van der Waals surface area contributed by atoms with Crippen LogP contribution in [0.4, 0.5) is 0 Å². The van der Waals surface area contributed by atoms with Crippen molar-refractivity contribution in [3.8, 4) is 0 Å². The van der Waals surface area contributed by atoms with Crippen molar-refractivity contribution in [1.82, 2.24) is 19.9 Å². The summed E-state index contributed by atoms with van der Waals surface area (Å²) >= 11 is 1.64. The Balaban J connectivity index is 1.56. The summed E-state index contributed by atoms with van der Waals surface area (Å²) in [5, 5.41) is 5.28. The highest BCUT2D eigenvalue weighted by molar-refractivity contribution is 7.10. The molecule has 3 heterocycles. The van der Waals surface area contributed by atoms with Gasteiger partial charge in [0.2, 0.25) is 5.91 Å². The zero-order chi connectivity index (χ0) is 20.2. The van der Waals surface area contributed by atoms with E-state index in [1.54, 1.807) is 23.7 Å². The molecule has 4 aromatic rings. The monoisotopic (exact) mass is 404 g/mol. The predicted octanol–water partition coefficient (Wildman–Crippen LogP) is 4.60. The van der Waals surface area contributed by atoms with Gasteiger partial charge in [-0.15, -0.1) is 11.3 Å². The van der Waals surface area contributed by atoms with Crippen LogP contribution in [0.1, 0.15) is 36.2 Å². The summed E-state index contributed by atoms with van der Waals surface area (Å²) in [5.41, 5.74) is 3.09. The quantitative estimate of drug-likeness (QED) is 0.490. The third kappa shape index (κ3) is 4.07. The molecule has 5 nitrogen and oxygen atoms in total. The van der Waals surface area contributed by atoms with Crippen molar-refractivity contribution in [3.05, 3.63) is 82.6 Å². The minimum atomic E-state index is -0.192. The fourth-order valence-electron chi connectivity index (χ4n) is 3.57. The van der Waals surface area contributed by atoms with Crippen molar-refractivity contribution in [2.75, 3.05) is 0 Å². The van der Waals surface area contributed by atoms with Gasteiger partial charge >= 0.3 is 0 Å². The van der Waals surface area contributed by atoms with Crippen molar-refractivity contribution in [2.24, 2.45) is 5.92 Å². The molecule has 3 aromatic heterocycles. The van der Waals surface area contributed by atoms with Gasteiger partial charge in [-0.1, -0.05) is 32.0 Å². The molecule has 0 saturated carbocycles. The summed E-state index contributed by atoms with van der Waals surface area (Å²) in [7, 11) is 0. The number of benzene rings is 1. The molecular formula is C23H24N4OS. The Bertz CT molecular complexity index is 1090. The zero-order valence-corrected chi connectivity index (χ0v) is 17.4. The number of pyridine rings is 1. The van der Waals surface area contributed by atoms with Crippen molar-refractivity contribution in [3.63, 3.8) is 0 Å². The van der Waals surface area contributed by atoms with Crippen LogP contribution in [-0.2, 0) is 17.8 Å². The number of carbonyl (C=O) groups is 1. The molecule has 0 radical (unpaired) electrons. The average Bonchev–Trinajstić information content (AvgIpc) is 3.41. The molecule has 4 rings (SSSR count). The molecule has 0 spiro atoms. The molecule has 6 heteroatoms. The first-order valence-corrected chi connectivity index (χ1v) is 10.7. The number of carbonyl (C=O) groups excluding carboxylic acids is 1. The molecule has 0 saturated heterocycles. The van der Waals surface area contributed by atoms with Gasteiger partial charge in [-0.3, -0.25) is 9.78 Å². The Morgan fingerprint density at radius 1 is 1.14 bits per heavy atom. The number of para-hydroxylation sites is 2. The van der Waals surface area contributed by atoms with Crippen molar-refractivity contribution in [2.45, 2.75) is 32.9 Å². The Hall–Kier alpha value is -2.99. The first-order chi connectivity index (χ1) is 14.2. The summed E-state index contributed by atoms with van der Waals surface area (Å²) in [6.45, 7) is 4.67. The van der Waals surface area contributed by atoms with Crippen LogP contribution in [0.25, 0.3) is 11.0 Å². The van der Waals surface area contributed by atoms with E-state index in [1.165, 1.54) is 0 Å². The first-order valence-electron chi connectivity index (χ1n) is 9.85. The van der Waals surface area contributed by atoms with Crippen LogP contribution in [0.15, 0.2) is 66.3 Å². The maximum Gasteiger partial charge on any atom is 0.225 e. The van der Waals surface area contributed by atoms with Crippen LogP contribution in [-0.4, -0.2) is 20.4 Å². The molecule has 1 N–H and O–H groups in total. The number of nitrogens with zero attached hydrogens (tertiary/aromatic N) is 3. The van der Waals surface area contributed by atoms with Gasteiger partial charge in [0, 0.05) is 30.2 Å². The van der Waals surface area contributed by atoms with E-state index in [0.717, 1.165) is 33.7 Å². The van der Waals surface area contributed by atoms with Crippen LogP contribution in [0.2, 0.25) is 0 Å². The van der Waals surface area contributed by atoms with Crippen molar-refractivity contribution >= 4 is 28.3 Å². The minimum Gasteiger partial charge on any atom is -0.344 e. The van der Waals surface area contributed by atoms with Crippen LogP contribution >= 0.6 is 11.3 Å². The summed E-state index contributed by atoms with van der Waals surface area (Å²) < 4.78 is 2.17. The summed E-state index contributed by atoms with van der Waals surface area (Å²) in [6, 6.07) is 15.9. The van der Waals surface area contributed by atoms with E-state index < -0.39 is 0 Å². The first kappa shape index (κ1) is 19.3. The Morgan fingerprint density at radius 3 is 2.66 bits per heavy atom. The fraction of sp³-hybridized carbons (Fsp3) is 0.261. The molecule has 1 aromatic carbocycles. The standard InChI is InChI=1S/C23H24N4OS/c1-3-21-25-18-7-4-5-8-19(18)27(21)15-16(2)23(28)26-22(20-9-6-14-29-20)17-10-12-24-13-11-17/h4-14,16,22H,3,15H2,1-2H3,(H,26,28)/t16-,22-/m1/s1. The summed E-state index contributed by atoms with van der Waals surface area (Å²) in [5.74, 6) is 0.844. The number of hydrogen-bond acceptors (Lipinski definition) is 4. The van der Waals surface area contributed by atoms with Gasteiger partial charge in [-0.05, 0) is 41.3 Å². The third-order valence-electron chi connectivity index (χ3n) is 5.11. The fourth-order valence-corrected chi connectivity index (χ4v) is 4.37. The van der Waals surface area contributed by atoms with E-state index in [1.807, 2.05) is 48.7 Å². The highest BCUT2D eigenvalue weighted by atomic mass is 32.1. The van der Waals surface area contributed by atoms with Gasteiger partial charge in [0.15, 0.2) is 0 Å². The average molecular weight is 405 g/mol. The summed E-state index contributed by atoms with van der Waals surface area (Å²) in [6.07, 6.45) is 4.35. The number of hydrogen-bond donors (Lipinski definition) is 1. The molecule has 1 amide bonds. The maximum atomic E-state index is 13.1. The molecule has 29 heavy (non-hydrogen) atoms.